The smallest absolute Gasteiger partial charge is 0.207 e. The van der Waals surface area contributed by atoms with Crippen molar-refractivity contribution in [2.75, 3.05) is 0 Å². The van der Waals surface area contributed by atoms with Crippen molar-refractivity contribution in [3.05, 3.63) is 53.0 Å². The van der Waals surface area contributed by atoms with Crippen LogP contribution in [0.4, 0.5) is 5.69 Å². The first-order valence-corrected chi connectivity index (χ1v) is 7.88. The summed E-state index contributed by atoms with van der Waals surface area (Å²) in [6.07, 6.45) is 0. The Kier molecular flexibility index (Phi) is 4.10. The van der Waals surface area contributed by atoms with Gasteiger partial charge < -0.3 is 11.5 Å². The third kappa shape index (κ3) is 3.00. The number of hydrogen-bond donors (Lipinski definition) is 2. The van der Waals surface area contributed by atoms with Crippen molar-refractivity contribution >= 4 is 37.4 Å². The van der Waals surface area contributed by atoms with E-state index in [1.807, 2.05) is 0 Å². The first kappa shape index (κ1) is 14.5. The van der Waals surface area contributed by atoms with E-state index in [1.165, 1.54) is 18.2 Å². The molecule has 0 aliphatic carbocycles. The zero-order chi connectivity index (χ0) is 14.8. The standard InChI is InChI=1S/C13H12BrN3O2S/c14-11-6-1-2-7-12(11)20(18,19)10-5-3-4-9(8-10)17-13(15)16/h1-8H,(H4,15,16,17). The van der Waals surface area contributed by atoms with E-state index < -0.39 is 9.84 Å². The molecule has 0 atom stereocenters. The third-order valence-electron chi connectivity index (χ3n) is 2.51. The van der Waals surface area contributed by atoms with Gasteiger partial charge in [0.15, 0.2) is 5.96 Å². The normalized spacial score (nSPS) is 11.1. The summed E-state index contributed by atoms with van der Waals surface area (Å²) in [4.78, 5) is 4.17. The van der Waals surface area contributed by atoms with Gasteiger partial charge in [0.25, 0.3) is 0 Å². The van der Waals surface area contributed by atoms with Gasteiger partial charge in [-0.3, -0.25) is 0 Å². The van der Waals surface area contributed by atoms with Crippen molar-refractivity contribution < 1.29 is 8.42 Å². The molecule has 0 aliphatic heterocycles. The Morgan fingerprint density at radius 1 is 1.05 bits per heavy atom. The van der Waals surface area contributed by atoms with Gasteiger partial charge in [0, 0.05) is 4.47 Å². The molecule has 0 unspecified atom stereocenters. The Balaban J connectivity index is 2.56. The molecule has 104 valence electrons. The Bertz CT molecular complexity index is 769. The summed E-state index contributed by atoms with van der Waals surface area (Å²) in [6.45, 7) is 0. The van der Waals surface area contributed by atoms with Gasteiger partial charge in [-0.15, -0.1) is 0 Å². The molecule has 0 aliphatic rings. The molecule has 0 aromatic heterocycles. The molecule has 20 heavy (non-hydrogen) atoms. The molecule has 4 N–H and O–H groups in total. The van der Waals surface area contributed by atoms with Crippen molar-refractivity contribution in [1.29, 1.82) is 0 Å². The highest BCUT2D eigenvalue weighted by atomic mass is 79.9. The fraction of sp³-hybridized carbons (Fsp3) is 0. The second-order valence-corrected chi connectivity index (χ2v) is 6.74. The lowest BCUT2D eigenvalue weighted by Gasteiger charge is -2.07. The fourth-order valence-corrected chi connectivity index (χ4v) is 3.95. The van der Waals surface area contributed by atoms with Crippen LogP contribution in [0.2, 0.25) is 0 Å². The van der Waals surface area contributed by atoms with Gasteiger partial charge in [0.05, 0.1) is 15.5 Å². The summed E-state index contributed by atoms with van der Waals surface area (Å²) in [5.41, 5.74) is 11.0. The molecule has 0 bridgehead atoms. The zero-order valence-electron chi connectivity index (χ0n) is 10.3. The average Bonchev–Trinajstić information content (AvgIpc) is 2.38. The number of rotatable bonds is 3. The summed E-state index contributed by atoms with van der Waals surface area (Å²) >= 11 is 3.24. The van der Waals surface area contributed by atoms with Crippen molar-refractivity contribution in [2.24, 2.45) is 16.5 Å². The van der Waals surface area contributed by atoms with Gasteiger partial charge in [0.2, 0.25) is 9.84 Å². The van der Waals surface area contributed by atoms with Crippen LogP contribution in [0, 0.1) is 0 Å². The Morgan fingerprint density at radius 3 is 2.40 bits per heavy atom. The molecule has 0 spiro atoms. The maximum atomic E-state index is 12.6. The number of hydrogen-bond acceptors (Lipinski definition) is 3. The summed E-state index contributed by atoms with van der Waals surface area (Å²) in [6, 6.07) is 12.8. The van der Waals surface area contributed by atoms with E-state index in [0.29, 0.717) is 10.2 Å². The summed E-state index contributed by atoms with van der Waals surface area (Å²) in [5, 5.41) is 0. The van der Waals surface area contributed by atoms with Crippen molar-refractivity contribution in [3.63, 3.8) is 0 Å². The van der Waals surface area contributed by atoms with Crippen LogP contribution in [0.5, 0.6) is 0 Å². The first-order chi connectivity index (χ1) is 9.41. The molecule has 0 saturated heterocycles. The maximum absolute atomic E-state index is 12.6. The van der Waals surface area contributed by atoms with E-state index in [0.717, 1.165) is 0 Å². The van der Waals surface area contributed by atoms with Crippen molar-refractivity contribution in [1.82, 2.24) is 0 Å². The molecule has 0 radical (unpaired) electrons. The third-order valence-corrected chi connectivity index (χ3v) is 5.28. The minimum absolute atomic E-state index is 0.125. The number of sulfone groups is 1. The minimum Gasteiger partial charge on any atom is -0.370 e. The van der Waals surface area contributed by atoms with Crippen molar-refractivity contribution in [2.45, 2.75) is 9.79 Å². The summed E-state index contributed by atoms with van der Waals surface area (Å²) in [7, 11) is -3.63. The number of halogens is 1. The number of benzene rings is 2. The van der Waals surface area contributed by atoms with Crippen LogP contribution in [0.1, 0.15) is 0 Å². The molecule has 5 nitrogen and oxygen atoms in total. The van der Waals surface area contributed by atoms with E-state index in [2.05, 4.69) is 20.9 Å². The highest BCUT2D eigenvalue weighted by Crippen LogP contribution is 2.29. The first-order valence-electron chi connectivity index (χ1n) is 5.60. The van der Waals surface area contributed by atoms with Crippen LogP contribution in [0.3, 0.4) is 0 Å². The minimum atomic E-state index is -3.63. The van der Waals surface area contributed by atoms with E-state index in [9.17, 15) is 8.42 Å². The fourth-order valence-electron chi connectivity index (χ4n) is 1.66. The SMILES string of the molecule is NC(N)=Nc1cccc(S(=O)(=O)c2ccccc2Br)c1. The van der Waals surface area contributed by atoms with Gasteiger partial charge in [-0.2, -0.15) is 0 Å². The van der Waals surface area contributed by atoms with Gasteiger partial charge in [-0.1, -0.05) is 18.2 Å². The number of aliphatic imine (C=N–C) groups is 1. The molecule has 0 amide bonds. The molecule has 2 aromatic rings. The number of nitrogens with two attached hydrogens (primary N) is 2. The molecular weight excluding hydrogens is 342 g/mol. The summed E-state index contributed by atoms with van der Waals surface area (Å²) in [5.74, 6) is -0.125. The summed E-state index contributed by atoms with van der Waals surface area (Å²) < 4.78 is 25.6. The van der Waals surface area contributed by atoms with E-state index in [-0.39, 0.29) is 15.8 Å². The largest absolute Gasteiger partial charge is 0.370 e. The lowest BCUT2D eigenvalue weighted by molar-refractivity contribution is 0.595. The van der Waals surface area contributed by atoms with Crippen LogP contribution < -0.4 is 11.5 Å². The topological polar surface area (TPSA) is 98.5 Å². The Hall–Kier alpha value is -1.86. The highest BCUT2D eigenvalue weighted by molar-refractivity contribution is 9.10. The van der Waals surface area contributed by atoms with Crippen molar-refractivity contribution in [3.8, 4) is 0 Å². The molecule has 2 aromatic carbocycles. The van der Waals surface area contributed by atoms with Gasteiger partial charge in [0.1, 0.15) is 0 Å². The molecular formula is C13H12BrN3O2S. The van der Waals surface area contributed by atoms with Crippen LogP contribution in [-0.2, 0) is 9.84 Å². The van der Waals surface area contributed by atoms with Gasteiger partial charge >= 0.3 is 0 Å². The predicted octanol–water partition coefficient (Wildman–Crippen LogP) is 2.19. The molecule has 0 fully saturated rings. The Morgan fingerprint density at radius 2 is 1.75 bits per heavy atom. The van der Waals surface area contributed by atoms with Crippen LogP contribution >= 0.6 is 15.9 Å². The van der Waals surface area contributed by atoms with Crippen LogP contribution in [0.15, 0.2) is 67.8 Å². The van der Waals surface area contributed by atoms with Gasteiger partial charge in [-0.05, 0) is 46.3 Å². The molecule has 0 saturated carbocycles. The van der Waals surface area contributed by atoms with Crippen LogP contribution in [-0.4, -0.2) is 14.4 Å². The Labute approximate surface area is 125 Å². The second kappa shape index (κ2) is 5.64. The zero-order valence-corrected chi connectivity index (χ0v) is 12.7. The van der Waals surface area contributed by atoms with E-state index >= 15 is 0 Å². The maximum Gasteiger partial charge on any atom is 0.207 e. The molecule has 0 heterocycles. The lowest BCUT2D eigenvalue weighted by atomic mass is 10.3. The number of nitrogens with zero attached hydrogens (tertiary/aromatic N) is 1. The monoisotopic (exact) mass is 353 g/mol. The highest BCUT2D eigenvalue weighted by Gasteiger charge is 2.20. The van der Waals surface area contributed by atoms with E-state index in [1.54, 1.807) is 30.3 Å². The molecule has 2 rings (SSSR count). The van der Waals surface area contributed by atoms with Crippen LogP contribution in [0.25, 0.3) is 0 Å². The quantitative estimate of drug-likeness (QED) is 0.652. The second-order valence-electron chi connectivity index (χ2n) is 3.97. The average molecular weight is 354 g/mol. The lowest BCUT2D eigenvalue weighted by Crippen LogP contribution is -2.21. The predicted molar refractivity (Wildman–Crippen MR) is 81.5 cm³/mol. The van der Waals surface area contributed by atoms with E-state index in [4.69, 9.17) is 11.5 Å². The molecule has 7 heteroatoms. The van der Waals surface area contributed by atoms with Gasteiger partial charge in [-0.25, -0.2) is 13.4 Å². The number of guanidine groups is 1.